The van der Waals surface area contributed by atoms with Crippen LogP contribution in [0.2, 0.25) is 0 Å². The number of halogens is 3. The Kier molecular flexibility index (Phi) is 6.37. The van der Waals surface area contributed by atoms with Gasteiger partial charge >= 0.3 is 11.9 Å². The highest BCUT2D eigenvalue weighted by Gasteiger charge is 2.41. The first kappa shape index (κ1) is 25.4. The number of alkyl halides is 3. The third-order valence-corrected chi connectivity index (χ3v) is 6.91. The van der Waals surface area contributed by atoms with Gasteiger partial charge in [-0.25, -0.2) is 14.8 Å². The van der Waals surface area contributed by atoms with Gasteiger partial charge in [-0.1, -0.05) is 30.3 Å². The topological polar surface area (TPSA) is 109 Å². The zero-order valence-electron chi connectivity index (χ0n) is 21.0. The number of carbonyl (C=O) groups excluding carboxylic acids is 1. The van der Waals surface area contributed by atoms with Gasteiger partial charge in [-0.15, -0.1) is 0 Å². The lowest BCUT2D eigenvalue weighted by Gasteiger charge is -2.33. The molecule has 1 fully saturated rings. The van der Waals surface area contributed by atoms with Crippen molar-refractivity contribution in [2.45, 2.75) is 25.1 Å². The van der Waals surface area contributed by atoms with Crippen LogP contribution in [-0.4, -0.2) is 38.5 Å². The van der Waals surface area contributed by atoms with E-state index < -0.39 is 23.5 Å². The standard InChI is InChI=1S/C28H23F3N6O3/c29-28(30,31)24-23(40-26(35-24)17-6-2-1-3-7-17)25(38)33-18-10-11-22(32-16-18)36-14-12-19(13-15-36)37-21-9-5-4-8-20(21)34-27(37)39/h1-11,16,19H,12-15H2,(H,33,38)(H,34,39). The van der Waals surface area contributed by atoms with Gasteiger partial charge in [0, 0.05) is 24.7 Å². The summed E-state index contributed by atoms with van der Waals surface area (Å²) >= 11 is 0. The number of nitrogens with zero attached hydrogens (tertiary/aromatic N) is 4. The normalized spacial score (nSPS) is 14.5. The number of amides is 1. The zero-order valence-corrected chi connectivity index (χ0v) is 21.0. The monoisotopic (exact) mass is 548 g/mol. The second-order valence-electron chi connectivity index (χ2n) is 9.46. The zero-order chi connectivity index (χ0) is 27.9. The van der Waals surface area contributed by atoms with Gasteiger partial charge in [0.2, 0.25) is 11.7 Å². The van der Waals surface area contributed by atoms with Gasteiger partial charge in [-0.3, -0.25) is 9.36 Å². The number of hydrogen-bond donors (Lipinski definition) is 2. The van der Waals surface area contributed by atoms with Crippen LogP contribution in [0.25, 0.3) is 22.5 Å². The molecule has 2 N–H and O–H groups in total. The van der Waals surface area contributed by atoms with E-state index in [-0.39, 0.29) is 23.3 Å². The molecule has 0 aliphatic carbocycles. The number of benzene rings is 2. The van der Waals surface area contributed by atoms with Crippen molar-refractivity contribution in [2.24, 2.45) is 0 Å². The van der Waals surface area contributed by atoms with Crippen molar-refractivity contribution >= 4 is 28.4 Å². The number of fused-ring (bicyclic) bond motifs is 1. The average Bonchev–Trinajstić information content (AvgIpc) is 3.56. The summed E-state index contributed by atoms with van der Waals surface area (Å²) in [6.07, 6.45) is -2.03. The predicted octanol–water partition coefficient (Wildman–Crippen LogP) is 5.49. The smallest absolute Gasteiger partial charge is 0.430 e. The van der Waals surface area contributed by atoms with Crippen LogP contribution < -0.4 is 15.9 Å². The molecule has 2 aromatic carbocycles. The Morgan fingerprint density at radius 3 is 2.42 bits per heavy atom. The molecule has 1 saturated heterocycles. The molecule has 0 unspecified atom stereocenters. The van der Waals surface area contributed by atoms with Gasteiger partial charge in [-0.05, 0) is 49.2 Å². The minimum Gasteiger partial charge on any atom is -0.430 e. The van der Waals surface area contributed by atoms with Crippen molar-refractivity contribution in [3.63, 3.8) is 0 Å². The van der Waals surface area contributed by atoms with Gasteiger partial charge in [0.25, 0.3) is 5.91 Å². The molecule has 0 spiro atoms. The maximum absolute atomic E-state index is 13.6. The van der Waals surface area contributed by atoms with E-state index in [4.69, 9.17) is 4.42 Å². The Bertz CT molecular complexity index is 1720. The summed E-state index contributed by atoms with van der Waals surface area (Å²) in [6, 6.07) is 18.9. The summed E-state index contributed by atoms with van der Waals surface area (Å²) in [5.74, 6) is -1.65. The van der Waals surface area contributed by atoms with Gasteiger partial charge < -0.3 is 19.6 Å². The Morgan fingerprint density at radius 2 is 1.73 bits per heavy atom. The maximum atomic E-state index is 13.6. The predicted molar refractivity (Wildman–Crippen MR) is 142 cm³/mol. The van der Waals surface area contributed by atoms with Crippen molar-refractivity contribution in [2.75, 3.05) is 23.3 Å². The molecule has 0 bridgehead atoms. The molecule has 204 valence electrons. The molecule has 4 heterocycles. The van der Waals surface area contributed by atoms with E-state index in [1.54, 1.807) is 34.9 Å². The van der Waals surface area contributed by atoms with Crippen LogP contribution in [0, 0.1) is 0 Å². The number of hydrogen-bond acceptors (Lipinski definition) is 6. The number of pyridine rings is 1. The van der Waals surface area contributed by atoms with E-state index in [0.29, 0.717) is 24.5 Å². The quantitative estimate of drug-likeness (QED) is 0.301. The number of oxazole rings is 1. The highest BCUT2D eigenvalue weighted by atomic mass is 19.4. The minimum absolute atomic E-state index is 0.0453. The Labute approximate surface area is 225 Å². The van der Waals surface area contributed by atoms with Crippen molar-refractivity contribution < 1.29 is 22.4 Å². The van der Waals surface area contributed by atoms with Gasteiger partial charge in [-0.2, -0.15) is 13.2 Å². The summed E-state index contributed by atoms with van der Waals surface area (Å²) in [7, 11) is 0. The number of para-hydroxylation sites is 2. The largest absolute Gasteiger partial charge is 0.437 e. The van der Waals surface area contributed by atoms with E-state index in [9.17, 15) is 22.8 Å². The molecule has 1 aliphatic rings. The van der Waals surface area contributed by atoms with E-state index in [0.717, 1.165) is 23.9 Å². The molecule has 6 rings (SSSR count). The lowest BCUT2D eigenvalue weighted by atomic mass is 10.0. The Morgan fingerprint density at radius 1 is 1.00 bits per heavy atom. The van der Waals surface area contributed by atoms with Gasteiger partial charge in [0.1, 0.15) is 5.82 Å². The highest BCUT2D eigenvalue weighted by molar-refractivity contribution is 6.03. The first-order valence-corrected chi connectivity index (χ1v) is 12.6. The first-order chi connectivity index (χ1) is 19.3. The second kappa shape index (κ2) is 10.0. The molecule has 1 aliphatic heterocycles. The molecule has 3 aromatic heterocycles. The fraction of sp³-hybridized carbons (Fsp3) is 0.214. The fourth-order valence-electron chi connectivity index (χ4n) is 5.00. The number of aromatic nitrogens is 4. The second-order valence-corrected chi connectivity index (χ2v) is 9.46. The molecular formula is C28H23F3N6O3. The minimum atomic E-state index is -4.88. The average molecular weight is 549 g/mol. The Hall–Kier alpha value is -4.87. The molecule has 0 saturated carbocycles. The SMILES string of the molecule is O=C(Nc1ccc(N2CCC(n3c(=O)[nH]c4ccccc43)CC2)nc1)c1oc(-c2ccccc2)nc1C(F)(F)F. The summed E-state index contributed by atoms with van der Waals surface area (Å²) < 4.78 is 47.9. The molecule has 12 heteroatoms. The third kappa shape index (κ3) is 4.83. The van der Waals surface area contributed by atoms with E-state index >= 15 is 0 Å². The summed E-state index contributed by atoms with van der Waals surface area (Å²) in [4.78, 5) is 38.2. The molecule has 5 aromatic rings. The molecule has 0 atom stereocenters. The van der Waals surface area contributed by atoms with E-state index in [1.165, 1.54) is 18.3 Å². The van der Waals surface area contributed by atoms with Crippen molar-refractivity contribution in [1.82, 2.24) is 19.5 Å². The van der Waals surface area contributed by atoms with Gasteiger partial charge in [0.15, 0.2) is 5.69 Å². The highest BCUT2D eigenvalue weighted by Crippen LogP contribution is 2.35. The summed E-state index contributed by atoms with van der Waals surface area (Å²) in [5, 5.41) is 2.42. The molecule has 9 nitrogen and oxygen atoms in total. The number of aromatic amines is 1. The van der Waals surface area contributed by atoms with Crippen LogP contribution in [0.15, 0.2) is 82.1 Å². The lowest BCUT2D eigenvalue weighted by molar-refractivity contribution is -0.141. The molecule has 40 heavy (non-hydrogen) atoms. The number of piperidine rings is 1. The lowest BCUT2D eigenvalue weighted by Crippen LogP contribution is -2.37. The van der Waals surface area contributed by atoms with Crippen LogP contribution >= 0.6 is 0 Å². The van der Waals surface area contributed by atoms with E-state index in [2.05, 4.69) is 25.2 Å². The van der Waals surface area contributed by atoms with Crippen LogP contribution in [0.5, 0.6) is 0 Å². The van der Waals surface area contributed by atoms with E-state index in [1.807, 2.05) is 24.3 Å². The number of carbonyl (C=O) groups is 1. The van der Waals surface area contributed by atoms with Crippen LogP contribution in [0.3, 0.4) is 0 Å². The van der Waals surface area contributed by atoms with Gasteiger partial charge in [0.05, 0.1) is 22.9 Å². The summed E-state index contributed by atoms with van der Waals surface area (Å²) in [5.41, 5.74) is 0.676. The first-order valence-electron chi connectivity index (χ1n) is 12.6. The van der Waals surface area contributed by atoms with Crippen molar-refractivity contribution in [3.05, 3.63) is 94.9 Å². The summed E-state index contributed by atoms with van der Waals surface area (Å²) in [6.45, 7) is 1.31. The van der Waals surface area contributed by atoms with Crippen LogP contribution in [0.1, 0.15) is 35.1 Å². The number of anilines is 2. The Balaban J connectivity index is 1.14. The number of rotatable bonds is 5. The molecule has 1 amide bonds. The van der Waals surface area contributed by atoms with Crippen LogP contribution in [0.4, 0.5) is 24.7 Å². The van der Waals surface area contributed by atoms with Crippen molar-refractivity contribution in [3.8, 4) is 11.5 Å². The number of H-pyrrole nitrogens is 1. The third-order valence-electron chi connectivity index (χ3n) is 6.91. The van der Waals surface area contributed by atoms with Crippen LogP contribution in [-0.2, 0) is 6.18 Å². The molecular weight excluding hydrogens is 525 g/mol. The number of imidazole rings is 1. The fourth-order valence-corrected chi connectivity index (χ4v) is 5.00. The van der Waals surface area contributed by atoms with Crippen molar-refractivity contribution in [1.29, 1.82) is 0 Å². The maximum Gasteiger partial charge on any atom is 0.437 e. The molecule has 0 radical (unpaired) electrons. The number of nitrogens with one attached hydrogen (secondary N) is 2.